The van der Waals surface area contributed by atoms with Gasteiger partial charge < -0.3 is 19.7 Å². The maximum atomic E-state index is 12.4. The number of carbonyl (C=O) groups is 1. The monoisotopic (exact) mass is 376 g/mol. The minimum Gasteiger partial charge on any atom is -0.494 e. The topological polar surface area (TPSA) is 50.8 Å². The van der Waals surface area contributed by atoms with Gasteiger partial charge in [0.15, 0.2) is 0 Å². The Morgan fingerprint density at radius 1 is 1.22 bits per heavy atom. The van der Waals surface area contributed by atoms with E-state index in [-0.39, 0.29) is 5.91 Å². The summed E-state index contributed by atoms with van der Waals surface area (Å²) in [5.41, 5.74) is -0.0370. The van der Waals surface area contributed by atoms with Gasteiger partial charge in [-0.1, -0.05) is 13.8 Å². The number of ether oxygens (including phenoxy) is 2. The maximum Gasteiger partial charge on any atom is 0.256 e. The number of amides is 1. The molecule has 0 aromatic heterocycles. The minimum atomic E-state index is -0.795. The Labute approximate surface area is 164 Å². The van der Waals surface area contributed by atoms with Crippen molar-refractivity contribution in [3.05, 3.63) is 24.3 Å². The summed E-state index contributed by atoms with van der Waals surface area (Å²) in [5, 5.41) is 2.93. The smallest absolute Gasteiger partial charge is 0.256 e. The normalized spacial score (nSPS) is 18.1. The Morgan fingerprint density at radius 3 is 2.48 bits per heavy atom. The van der Waals surface area contributed by atoms with Gasteiger partial charge in [-0.15, -0.1) is 0 Å². The average molecular weight is 377 g/mol. The molecule has 1 unspecified atom stereocenters. The largest absolute Gasteiger partial charge is 0.494 e. The number of nitrogens with zero attached hydrogens (tertiary/aromatic N) is 1. The summed E-state index contributed by atoms with van der Waals surface area (Å²) in [6.45, 7) is 12.8. The lowest BCUT2D eigenvalue weighted by atomic mass is 9.99. The fourth-order valence-corrected chi connectivity index (χ4v) is 3.31. The highest BCUT2D eigenvalue weighted by Crippen LogP contribution is 2.21. The first-order chi connectivity index (χ1) is 13.0. The minimum absolute atomic E-state index is 0.114. The number of rotatable bonds is 10. The Kier molecular flexibility index (Phi) is 8.58. The van der Waals surface area contributed by atoms with E-state index in [1.54, 1.807) is 0 Å². The van der Waals surface area contributed by atoms with Crippen molar-refractivity contribution in [3.8, 4) is 5.75 Å². The van der Waals surface area contributed by atoms with Crippen LogP contribution in [0.1, 0.15) is 53.4 Å². The number of benzene rings is 1. The van der Waals surface area contributed by atoms with E-state index in [1.807, 2.05) is 45.0 Å². The molecule has 5 nitrogen and oxygen atoms in total. The lowest BCUT2D eigenvalue weighted by molar-refractivity contribution is -0.139. The molecule has 1 atom stereocenters. The summed E-state index contributed by atoms with van der Waals surface area (Å²) < 4.78 is 11.5. The van der Waals surface area contributed by atoms with Crippen LogP contribution in [0, 0.1) is 5.92 Å². The van der Waals surface area contributed by atoms with Crippen LogP contribution in [0.15, 0.2) is 24.3 Å². The van der Waals surface area contributed by atoms with Crippen LogP contribution in [-0.2, 0) is 9.53 Å². The standard InChI is InChI=1S/C22H36N2O3/c1-5-22(4,27-6-2)21(25)23-19-8-10-20(11-9-19)26-17-7-14-24-15-12-18(3)13-16-24/h8-11,18H,5-7,12-17H2,1-4H3,(H,23,25). The quantitative estimate of drug-likeness (QED) is 0.618. The van der Waals surface area contributed by atoms with Crippen LogP contribution in [0.2, 0.25) is 0 Å². The third-order valence-corrected chi connectivity index (χ3v) is 5.49. The molecule has 0 saturated carbocycles. The Morgan fingerprint density at radius 2 is 1.89 bits per heavy atom. The highest BCUT2D eigenvalue weighted by atomic mass is 16.5. The lowest BCUT2D eigenvalue weighted by Crippen LogP contribution is -2.42. The van der Waals surface area contributed by atoms with Gasteiger partial charge in [-0.05, 0) is 82.8 Å². The number of nitrogens with one attached hydrogen (secondary N) is 1. The van der Waals surface area contributed by atoms with Crippen molar-refractivity contribution in [3.63, 3.8) is 0 Å². The number of hydrogen-bond acceptors (Lipinski definition) is 4. The highest BCUT2D eigenvalue weighted by Gasteiger charge is 2.31. The Hall–Kier alpha value is -1.59. The molecular weight excluding hydrogens is 340 g/mol. The molecule has 152 valence electrons. The summed E-state index contributed by atoms with van der Waals surface area (Å²) in [6.07, 6.45) is 4.29. The lowest BCUT2D eigenvalue weighted by Gasteiger charge is -2.30. The van der Waals surface area contributed by atoms with Gasteiger partial charge in [-0.3, -0.25) is 4.79 Å². The molecule has 1 aromatic carbocycles. The van der Waals surface area contributed by atoms with E-state index in [9.17, 15) is 4.79 Å². The van der Waals surface area contributed by atoms with Crippen molar-refractivity contribution in [2.45, 2.75) is 59.0 Å². The van der Waals surface area contributed by atoms with Crippen molar-refractivity contribution in [1.82, 2.24) is 4.90 Å². The molecule has 0 aliphatic carbocycles. The van der Waals surface area contributed by atoms with Gasteiger partial charge in [0.2, 0.25) is 0 Å². The molecule has 1 N–H and O–H groups in total. The van der Waals surface area contributed by atoms with Crippen molar-refractivity contribution >= 4 is 11.6 Å². The molecule has 0 radical (unpaired) electrons. The van der Waals surface area contributed by atoms with Gasteiger partial charge >= 0.3 is 0 Å². The first-order valence-electron chi connectivity index (χ1n) is 10.4. The van der Waals surface area contributed by atoms with Crippen molar-refractivity contribution in [2.24, 2.45) is 5.92 Å². The predicted molar refractivity (Wildman–Crippen MR) is 110 cm³/mol. The number of carbonyl (C=O) groups excluding carboxylic acids is 1. The fourth-order valence-electron chi connectivity index (χ4n) is 3.31. The van der Waals surface area contributed by atoms with Crippen molar-refractivity contribution in [2.75, 3.05) is 38.2 Å². The number of anilines is 1. The summed E-state index contributed by atoms with van der Waals surface area (Å²) in [6, 6.07) is 7.56. The molecule has 0 bridgehead atoms. The number of likely N-dealkylation sites (tertiary alicyclic amines) is 1. The average Bonchev–Trinajstić information content (AvgIpc) is 2.68. The summed E-state index contributed by atoms with van der Waals surface area (Å²) >= 11 is 0. The second kappa shape index (κ2) is 10.7. The van der Waals surface area contributed by atoms with Gasteiger partial charge in [0.1, 0.15) is 11.4 Å². The van der Waals surface area contributed by atoms with E-state index in [2.05, 4.69) is 17.1 Å². The molecule has 1 aromatic rings. The molecule has 1 fully saturated rings. The molecule has 0 spiro atoms. The molecule has 2 rings (SSSR count). The van der Waals surface area contributed by atoms with E-state index < -0.39 is 5.60 Å². The van der Waals surface area contributed by atoms with E-state index in [0.717, 1.165) is 36.9 Å². The van der Waals surface area contributed by atoms with Gasteiger partial charge in [-0.25, -0.2) is 0 Å². The van der Waals surface area contributed by atoms with Gasteiger partial charge in [0.25, 0.3) is 5.91 Å². The molecule has 5 heteroatoms. The molecular formula is C22H36N2O3. The second-order valence-corrected chi connectivity index (χ2v) is 7.72. The van der Waals surface area contributed by atoms with Crippen LogP contribution in [0.25, 0.3) is 0 Å². The van der Waals surface area contributed by atoms with Crippen LogP contribution < -0.4 is 10.1 Å². The van der Waals surface area contributed by atoms with Crippen LogP contribution in [0.5, 0.6) is 5.75 Å². The summed E-state index contributed by atoms with van der Waals surface area (Å²) in [7, 11) is 0. The maximum absolute atomic E-state index is 12.4. The molecule has 1 aliphatic heterocycles. The molecule has 1 saturated heterocycles. The highest BCUT2D eigenvalue weighted by molar-refractivity contribution is 5.97. The summed E-state index contributed by atoms with van der Waals surface area (Å²) in [5.74, 6) is 1.60. The first kappa shape index (κ1) is 21.7. The van der Waals surface area contributed by atoms with Crippen molar-refractivity contribution < 1.29 is 14.3 Å². The molecule has 27 heavy (non-hydrogen) atoms. The van der Waals surface area contributed by atoms with Crippen LogP contribution >= 0.6 is 0 Å². The fraction of sp³-hybridized carbons (Fsp3) is 0.682. The Balaban J connectivity index is 1.72. The second-order valence-electron chi connectivity index (χ2n) is 7.72. The third-order valence-electron chi connectivity index (χ3n) is 5.49. The van der Waals surface area contributed by atoms with Crippen LogP contribution in [-0.4, -0.2) is 49.3 Å². The molecule has 1 aliphatic rings. The van der Waals surface area contributed by atoms with E-state index in [1.165, 1.54) is 25.9 Å². The third kappa shape index (κ3) is 6.82. The van der Waals surface area contributed by atoms with E-state index in [4.69, 9.17) is 9.47 Å². The Bertz CT molecular complexity index is 567. The zero-order chi connectivity index (χ0) is 19.7. The summed E-state index contributed by atoms with van der Waals surface area (Å²) in [4.78, 5) is 15.0. The first-order valence-corrected chi connectivity index (χ1v) is 10.4. The number of hydrogen-bond donors (Lipinski definition) is 1. The SMILES string of the molecule is CCOC(C)(CC)C(=O)Nc1ccc(OCCCN2CCC(C)CC2)cc1. The van der Waals surface area contributed by atoms with Crippen LogP contribution in [0.4, 0.5) is 5.69 Å². The zero-order valence-corrected chi connectivity index (χ0v) is 17.4. The van der Waals surface area contributed by atoms with Crippen LogP contribution in [0.3, 0.4) is 0 Å². The predicted octanol–water partition coefficient (Wildman–Crippen LogP) is 4.33. The molecule has 1 heterocycles. The number of piperidine rings is 1. The van der Waals surface area contributed by atoms with Gasteiger partial charge in [0.05, 0.1) is 6.61 Å². The van der Waals surface area contributed by atoms with Gasteiger partial charge in [-0.2, -0.15) is 0 Å². The molecule has 1 amide bonds. The van der Waals surface area contributed by atoms with Crippen molar-refractivity contribution in [1.29, 1.82) is 0 Å². The zero-order valence-electron chi connectivity index (χ0n) is 17.4. The van der Waals surface area contributed by atoms with Gasteiger partial charge in [0, 0.05) is 18.8 Å². The van der Waals surface area contributed by atoms with E-state index >= 15 is 0 Å². The van der Waals surface area contributed by atoms with E-state index in [0.29, 0.717) is 13.0 Å².